The zero-order valence-corrected chi connectivity index (χ0v) is 18.0. The Hall–Kier alpha value is -4.05. The number of hydrogen-bond acceptors (Lipinski definition) is 8. The molecule has 0 spiro atoms. The Balaban J connectivity index is 1.39. The summed E-state index contributed by atoms with van der Waals surface area (Å²) in [6, 6.07) is 17.1. The van der Waals surface area contributed by atoms with Crippen LogP contribution in [-0.2, 0) is 20.8 Å². The largest absolute Gasteiger partial charge is 0.459 e. The summed E-state index contributed by atoms with van der Waals surface area (Å²) < 4.78 is 17.7. The van der Waals surface area contributed by atoms with Gasteiger partial charge in [-0.05, 0) is 29.8 Å². The summed E-state index contributed by atoms with van der Waals surface area (Å²) in [6.45, 7) is 2.93. The van der Waals surface area contributed by atoms with Crippen LogP contribution in [0.15, 0.2) is 66.7 Å². The Morgan fingerprint density at radius 2 is 1.82 bits per heavy atom. The van der Waals surface area contributed by atoms with Crippen LogP contribution in [-0.4, -0.2) is 58.7 Å². The first-order chi connectivity index (χ1) is 16.2. The van der Waals surface area contributed by atoms with E-state index in [0.717, 1.165) is 5.56 Å². The average Bonchev–Trinajstić information content (AvgIpc) is 3.54. The van der Waals surface area contributed by atoms with Gasteiger partial charge in [-0.3, -0.25) is 9.69 Å². The minimum atomic E-state index is -0.0172. The molecule has 0 bridgehead atoms. The molecule has 2 aliphatic heterocycles. The number of rotatable bonds is 6. The van der Waals surface area contributed by atoms with Crippen LogP contribution in [0.4, 0.5) is 11.9 Å². The highest BCUT2D eigenvalue weighted by molar-refractivity contribution is 5.94. The highest BCUT2D eigenvalue weighted by atomic mass is 16.7. The van der Waals surface area contributed by atoms with E-state index in [1.165, 1.54) is 10.9 Å². The summed E-state index contributed by atoms with van der Waals surface area (Å²) in [5, 5.41) is 4.60. The molecule has 10 heteroatoms. The highest BCUT2D eigenvalue weighted by Crippen LogP contribution is 2.25. The molecule has 0 atom stereocenters. The van der Waals surface area contributed by atoms with Crippen molar-refractivity contribution in [3.05, 3.63) is 77.9 Å². The number of benzene rings is 2. The lowest BCUT2D eigenvalue weighted by molar-refractivity contribution is 0.0303. The molecule has 0 unspecified atom stereocenters. The van der Waals surface area contributed by atoms with Crippen LogP contribution in [0.2, 0.25) is 0 Å². The molecule has 170 valence electrons. The summed E-state index contributed by atoms with van der Waals surface area (Å²) >= 11 is 0. The second-order valence-electron chi connectivity index (χ2n) is 7.59. The van der Waals surface area contributed by atoms with Crippen molar-refractivity contribution >= 4 is 17.8 Å². The SMILES string of the molecule is Nc1nc(N(Cc2ccccc2)C2=COCO2)nn1-c1ccc(C(=O)N2CCOCC2)cc1. The Bertz CT molecular complexity index is 1140. The fraction of sp³-hybridized carbons (Fsp3) is 0.261. The zero-order chi connectivity index (χ0) is 22.6. The third-order valence-electron chi connectivity index (χ3n) is 5.43. The Kier molecular flexibility index (Phi) is 5.81. The number of hydrogen-bond donors (Lipinski definition) is 1. The molecule has 33 heavy (non-hydrogen) atoms. The molecule has 10 nitrogen and oxygen atoms in total. The first kappa shape index (κ1) is 20.8. The number of morpholine rings is 1. The fourth-order valence-electron chi connectivity index (χ4n) is 3.70. The number of anilines is 2. The molecule has 1 aromatic heterocycles. The van der Waals surface area contributed by atoms with Gasteiger partial charge in [0.25, 0.3) is 11.9 Å². The van der Waals surface area contributed by atoms with Crippen molar-refractivity contribution in [3.8, 4) is 5.69 Å². The molecule has 0 saturated carbocycles. The van der Waals surface area contributed by atoms with Gasteiger partial charge >= 0.3 is 0 Å². The number of nitrogen functional groups attached to an aromatic ring is 1. The predicted octanol–water partition coefficient (Wildman–Crippen LogP) is 2.13. The predicted molar refractivity (Wildman–Crippen MR) is 120 cm³/mol. The minimum absolute atomic E-state index is 0.0172. The van der Waals surface area contributed by atoms with Crippen LogP contribution in [0, 0.1) is 0 Å². The van der Waals surface area contributed by atoms with E-state index in [1.807, 2.05) is 30.3 Å². The fourth-order valence-corrected chi connectivity index (χ4v) is 3.70. The van der Waals surface area contributed by atoms with Crippen LogP contribution >= 0.6 is 0 Å². The molecular formula is C23H24N6O4. The van der Waals surface area contributed by atoms with Crippen molar-refractivity contribution in [1.29, 1.82) is 0 Å². The van der Waals surface area contributed by atoms with E-state index in [-0.39, 0.29) is 18.6 Å². The Morgan fingerprint density at radius 1 is 1.06 bits per heavy atom. The van der Waals surface area contributed by atoms with Crippen LogP contribution in [0.5, 0.6) is 0 Å². The maximum atomic E-state index is 12.7. The number of nitrogens with two attached hydrogens (primary N) is 1. The third-order valence-corrected chi connectivity index (χ3v) is 5.43. The molecule has 3 heterocycles. The maximum absolute atomic E-state index is 12.7. The second kappa shape index (κ2) is 9.21. The smallest absolute Gasteiger partial charge is 0.254 e. The van der Waals surface area contributed by atoms with Gasteiger partial charge in [-0.2, -0.15) is 9.67 Å². The number of aromatic nitrogens is 3. The van der Waals surface area contributed by atoms with Crippen molar-refractivity contribution in [1.82, 2.24) is 19.7 Å². The molecule has 2 aliphatic rings. The standard InChI is InChI=1S/C23H24N6O4/c24-22-25-23(28(20-15-32-16-33-20)14-17-4-2-1-3-5-17)26-29(22)19-8-6-18(7-9-19)21(30)27-10-12-31-13-11-27/h1-9,15H,10-14,16H2,(H2,24,25,26). The normalized spacial score (nSPS) is 15.5. The van der Waals surface area contributed by atoms with Crippen molar-refractivity contribution in [2.24, 2.45) is 0 Å². The second-order valence-corrected chi connectivity index (χ2v) is 7.59. The van der Waals surface area contributed by atoms with E-state index in [1.54, 1.807) is 34.1 Å². The topological polar surface area (TPSA) is 108 Å². The molecule has 0 aliphatic carbocycles. The van der Waals surface area contributed by atoms with E-state index in [9.17, 15) is 4.79 Å². The number of ether oxygens (including phenoxy) is 3. The van der Waals surface area contributed by atoms with Gasteiger partial charge in [-0.25, -0.2) is 0 Å². The van der Waals surface area contributed by atoms with Crippen LogP contribution in [0.1, 0.15) is 15.9 Å². The summed E-state index contributed by atoms with van der Waals surface area (Å²) in [7, 11) is 0. The molecule has 1 amide bonds. The van der Waals surface area contributed by atoms with Gasteiger partial charge in [0.05, 0.1) is 25.4 Å². The molecule has 1 fully saturated rings. The molecule has 0 radical (unpaired) electrons. The number of nitrogens with zero attached hydrogens (tertiary/aromatic N) is 5. The minimum Gasteiger partial charge on any atom is -0.459 e. The van der Waals surface area contributed by atoms with Gasteiger partial charge in [-0.1, -0.05) is 30.3 Å². The molecular weight excluding hydrogens is 424 g/mol. The summed E-state index contributed by atoms with van der Waals surface area (Å²) in [5.74, 6) is 1.08. The number of carbonyl (C=O) groups is 1. The molecule has 2 aromatic carbocycles. The summed E-state index contributed by atoms with van der Waals surface area (Å²) in [4.78, 5) is 20.7. The maximum Gasteiger partial charge on any atom is 0.254 e. The van der Waals surface area contributed by atoms with Gasteiger partial charge in [-0.15, -0.1) is 5.10 Å². The Labute approximate surface area is 190 Å². The van der Waals surface area contributed by atoms with Gasteiger partial charge < -0.3 is 24.8 Å². The van der Waals surface area contributed by atoms with Crippen LogP contribution < -0.4 is 10.6 Å². The van der Waals surface area contributed by atoms with Crippen LogP contribution in [0.25, 0.3) is 5.69 Å². The van der Waals surface area contributed by atoms with Crippen LogP contribution in [0.3, 0.4) is 0 Å². The van der Waals surface area contributed by atoms with Crippen molar-refractivity contribution in [2.75, 3.05) is 43.7 Å². The number of amides is 1. The summed E-state index contributed by atoms with van der Waals surface area (Å²) in [5.41, 5.74) is 8.55. The average molecular weight is 448 g/mol. The van der Waals surface area contributed by atoms with Crippen molar-refractivity contribution in [2.45, 2.75) is 6.54 Å². The highest BCUT2D eigenvalue weighted by Gasteiger charge is 2.24. The lowest BCUT2D eigenvalue weighted by Gasteiger charge is -2.26. The van der Waals surface area contributed by atoms with Gasteiger partial charge in [0, 0.05) is 18.7 Å². The van der Waals surface area contributed by atoms with E-state index in [2.05, 4.69) is 10.1 Å². The zero-order valence-electron chi connectivity index (χ0n) is 18.0. The van der Waals surface area contributed by atoms with E-state index in [0.29, 0.717) is 55.9 Å². The molecule has 2 N–H and O–H groups in total. The number of carbonyl (C=O) groups excluding carboxylic acids is 1. The third kappa shape index (κ3) is 4.46. The van der Waals surface area contributed by atoms with Gasteiger partial charge in [0.15, 0.2) is 0 Å². The van der Waals surface area contributed by atoms with E-state index in [4.69, 9.17) is 19.9 Å². The first-order valence-electron chi connectivity index (χ1n) is 10.6. The summed E-state index contributed by atoms with van der Waals surface area (Å²) in [6.07, 6.45) is 1.53. The van der Waals surface area contributed by atoms with Gasteiger partial charge in [0.2, 0.25) is 18.6 Å². The van der Waals surface area contributed by atoms with Crippen molar-refractivity contribution in [3.63, 3.8) is 0 Å². The quantitative estimate of drug-likeness (QED) is 0.611. The van der Waals surface area contributed by atoms with Crippen molar-refractivity contribution < 1.29 is 19.0 Å². The monoisotopic (exact) mass is 448 g/mol. The van der Waals surface area contributed by atoms with E-state index < -0.39 is 0 Å². The molecule has 3 aromatic rings. The lowest BCUT2D eigenvalue weighted by Crippen LogP contribution is -2.40. The molecule has 1 saturated heterocycles. The first-order valence-corrected chi connectivity index (χ1v) is 10.6. The molecule has 5 rings (SSSR count). The Morgan fingerprint density at radius 3 is 2.52 bits per heavy atom. The lowest BCUT2D eigenvalue weighted by atomic mass is 10.1. The van der Waals surface area contributed by atoms with E-state index >= 15 is 0 Å². The van der Waals surface area contributed by atoms with Gasteiger partial charge in [0.1, 0.15) is 6.26 Å².